The van der Waals surface area contributed by atoms with Crippen LogP contribution in [0, 0.1) is 6.92 Å². The van der Waals surface area contributed by atoms with Crippen LogP contribution in [0.2, 0.25) is 0 Å². The van der Waals surface area contributed by atoms with Crippen LogP contribution in [0.15, 0.2) is 41.3 Å². The lowest BCUT2D eigenvalue weighted by Crippen LogP contribution is -2.27. The van der Waals surface area contributed by atoms with Gasteiger partial charge in [-0.1, -0.05) is 6.07 Å². The smallest absolute Gasteiger partial charge is 0.263 e. The molecule has 5 heteroatoms. The molecule has 0 radical (unpaired) electrons. The largest absolute Gasteiger partial charge is 0.506 e. The van der Waals surface area contributed by atoms with Crippen molar-refractivity contribution in [3.8, 4) is 5.75 Å². The van der Waals surface area contributed by atoms with Gasteiger partial charge in [-0.15, -0.1) is 0 Å². The van der Waals surface area contributed by atoms with Gasteiger partial charge in [-0.25, -0.2) is 0 Å². The fourth-order valence-electron chi connectivity index (χ4n) is 1.71. The van der Waals surface area contributed by atoms with Crippen molar-refractivity contribution < 1.29 is 9.90 Å². The Morgan fingerprint density at radius 2 is 2.05 bits per heavy atom. The van der Waals surface area contributed by atoms with Crippen LogP contribution in [-0.2, 0) is 7.05 Å². The minimum atomic E-state index is -0.540. The van der Waals surface area contributed by atoms with Crippen LogP contribution in [0.1, 0.15) is 15.9 Å². The lowest BCUT2D eigenvalue weighted by atomic mass is 10.2. The average molecular weight is 258 g/mol. The second kappa shape index (κ2) is 4.97. The minimum Gasteiger partial charge on any atom is -0.506 e. The summed E-state index contributed by atoms with van der Waals surface area (Å²) >= 11 is 0. The number of aromatic hydroxyl groups is 1. The number of phenols is 1. The number of hydrogen-bond acceptors (Lipinski definition) is 3. The number of nitrogens with zero attached hydrogens (tertiary/aromatic N) is 1. The van der Waals surface area contributed by atoms with E-state index in [2.05, 4.69) is 5.32 Å². The molecule has 2 N–H and O–H groups in total. The number of nitrogens with one attached hydrogen (secondary N) is 1. The Labute approximate surface area is 110 Å². The van der Waals surface area contributed by atoms with Crippen LogP contribution < -0.4 is 10.9 Å². The van der Waals surface area contributed by atoms with E-state index >= 15 is 0 Å². The van der Waals surface area contributed by atoms with Crippen molar-refractivity contribution in [1.82, 2.24) is 4.57 Å². The van der Waals surface area contributed by atoms with Crippen LogP contribution >= 0.6 is 0 Å². The van der Waals surface area contributed by atoms with Crippen LogP contribution in [0.3, 0.4) is 0 Å². The summed E-state index contributed by atoms with van der Waals surface area (Å²) in [7, 11) is 1.57. The normalized spacial score (nSPS) is 10.2. The van der Waals surface area contributed by atoms with E-state index in [0.717, 1.165) is 5.56 Å². The van der Waals surface area contributed by atoms with Gasteiger partial charge in [0.15, 0.2) is 0 Å². The number of rotatable bonds is 2. The number of benzene rings is 1. The molecule has 0 saturated heterocycles. The van der Waals surface area contributed by atoms with Crippen molar-refractivity contribution in [3.05, 3.63) is 58.0 Å². The molecule has 0 unspecified atom stereocenters. The molecule has 1 aromatic heterocycles. The highest BCUT2D eigenvalue weighted by Gasteiger charge is 2.13. The predicted octanol–water partition coefficient (Wildman–Crippen LogP) is 1.65. The molecule has 1 aromatic carbocycles. The maximum atomic E-state index is 12.0. The van der Waals surface area contributed by atoms with Gasteiger partial charge in [0.2, 0.25) is 0 Å². The second-order valence-corrected chi connectivity index (χ2v) is 4.31. The quantitative estimate of drug-likeness (QED) is 0.805. The standard InChI is InChI=1S/C14H14N2O3/c1-9-5-6-12(17)11(8-9)15-13(18)10-4-3-7-16(2)14(10)19/h3-8,17H,1-2H3,(H,15,18). The summed E-state index contributed by atoms with van der Waals surface area (Å²) in [6.45, 7) is 1.84. The van der Waals surface area contributed by atoms with Gasteiger partial charge < -0.3 is 15.0 Å². The lowest BCUT2D eigenvalue weighted by molar-refractivity contribution is 0.102. The molecule has 0 bridgehead atoms. The van der Waals surface area contributed by atoms with E-state index in [-0.39, 0.29) is 22.6 Å². The number of carbonyl (C=O) groups is 1. The van der Waals surface area contributed by atoms with E-state index in [9.17, 15) is 14.7 Å². The molecule has 1 heterocycles. The Kier molecular flexibility index (Phi) is 3.37. The molecule has 0 aliphatic rings. The van der Waals surface area contributed by atoms with Crippen molar-refractivity contribution in [1.29, 1.82) is 0 Å². The predicted molar refractivity (Wildman–Crippen MR) is 72.5 cm³/mol. The van der Waals surface area contributed by atoms with E-state index in [1.165, 1.54) is 16.7 Å². The van der Waals surface area contributed by atoms with Crippen molar-refractivity contribution in [2.24, 2.45) is 7.05 Å². The van der Waals surface area contributed by atoms with Gasteiger partial charge >= 0.3 is 0 Å². The van der Waals surface area contributed by atoms with Crippen molar-refractivity contribution >= 4 is 11.6 Å². The van der Waals surface area contributed by atoms with Gasteiger partial charge in [0.25, 0.3) is 11.5 Å². The van der Waals surface area contributed by atoms with E-state index in [4.69, 9.17) is 0 Å². The van der Waals surface area contributed by atoms with E-state index in [1.807, 2.05) is 6.92 Å². The first-order chi connectivity index (χ1) is 8.99. The molecule has 0 fully saturated rings. The summed E-state index contributed by atoms with van der Waals surface area (Å²) in [6, 6.07) is 7.93. The molecule has 98 valence electrons. The van der Waals surface area contributed by atoms with Crippen LogP contribution in [0.4, 0.5) is 5.69 Å². The third-order valence-electron chi connectivity index (χ3n) is 2.77. The van der Waals surface area contributed by atoms with Gasteiger partial charge in [0.1, 0.15) is 11.3 Å². The topological polar surface area (TPSA) is 71.3 Å². The summed E-state index contributed by atoms with van der Waals surface area (Å²) in [5, 5.41) is 12.2. The zero-order valence-corrected chi connectivity index (χ0v) is 10.7. The fraction of sp³-hybridized carbons (Fsp3) is 0.143. The number of aryl methyl sites for hydroxylation is 2. The zero-order chi connectivity index (χ0) is 14.0. The Morgan fingerprint density at radius 1 is 1.32 bits per heavy atom. The first-order valence-corrected chi connectivity index (χ1v) is 5.75. The molecule has 0 aliphatic carbocycles. The molecule has 5 nitrogen and oxygen atoms in total. The number of anilines is 1. The molecule has 0 atom stereocenters. The Morgan fingerprint density at radius 3 is 2.79 bits per heavy atom. The summed E-state index contributed by atoms with van der Waals surface area (Å²) in [5.41, 5.74) is 0.836. The average Bonchev–Trinajstić information content (AvgIpc) is 2.37. The molecular weight excluding hydrogens is 244 g/mol. The fourth-order valence-corrected chi connectivity index (χ4v) is 1.71. The van der Waals surface area contributed by atoms with Gasteiger partial charge in [0, 0.05) is 13.2 Å². The Hall–Kier alpha value is -2.56. The summed E-state index contributed by atoms with van der Waals surface area (Å²) < 4.78 is 1.32. The molecule has 2 aromatic rings. The van der Waals surface area contributed by atoms with Crippen LogP contribution in [-0.4, -0.2) is 15.6 Å². The molecule has 0 saturated carbocycles. The zero-order valence-electron chi connectivity index (χ0n) is 10.7. The monoisotopic (exact) mass is 258 g/mol. The second-order valence-electron chi connectivity index (χ2n) is 4.31. The van der Waals surface area contributed by atoms with E-state index in [1.54, 1.807) is 31.4 Å². The molecule has 2 rings (SSSR count). The maximum absolute atomic E-state index is 12.0. The third-order valence-corrected chi connectivity index (χ3v) is 2.77. The van der Waals surface area contributed by atoms with Crippen molar-refractivity contribution in [2.45, 2.75) is 6.92 Å². The van der Waals surface area contributed by atoms with E-state index in [0.29, 0.717) is 0 Å². The molecule has 0 aliphatic heterocycles. The number of carbonyl (C=O) groups excluding carboxylic acids is 1. The maximum Gasteiger partial charge on any atom is 0.263 e. The summed E-state index contributed by atoms with van der Waals surface area (Å²) in [6.07, 6.45) is 1.57. The number of aromatic nitrogens is 1. The molecule has 1 amide bonds. The van der Waals surface area contributed by atoms with E-state index < -0.39 is 5.91 Å². The van der Waals surface area contributed by atoms with Crippen molar-refractivity contribution in [3.63, 3.8) is 0 Å². The Balaban J connectivity index is 2.34. The van der Waals surface area contributed by atoms with Gasteiger partial charge in [-0.05, 0) is 36.8 Å². The highest BCUT2D eigenvalue weighted by molar-refractivity contribution is 6.04. The first-order valence-electron chi connectivity index (χ1n) is 5.75. The van der Waals surface area contributed by atoms with Gasteiger partial charge in [-0.2, -0.15) is 0 Å². The highest BCUT2D eigenvalue weighted by Crippen LogP contribution is 2.24. The molecule has 0 spiro atoms. The Bertz CT molecular complexity index is 689. The molecule has 19 heavy (non-hydrogen) atoms. The number of hydrogen-bond donors (Lipinski definition) is 2. The van der Waals surface area contributed by atoms with Crippen molar-refractivity contribution in [2.75, 3.05) is 5.32 Å². The first kappa shape index (κ1) is 12.9. The van der Waals surface area contributed by atoms with Gasteiger partial charge in [-0.3, -0.25) is 9.59 Å². The third kappa shape index (κ3) is 2.65. The lowest BCUT2D eigenvalue weighted by Gasteiger charge is -2.08. The van der Waals surface area contributed by atoms with Gasteiger partial charge in [0.05, 0.1) is 5.69 Å². The number of phenolic OH excluding ortho intramolecular Hbond substituents is 1. The van der Waals surface area contributed by atoms with Crippen LogP contribution in [0.5, 0.6) is 5.75 Å². The summed E-state index contributed by atoms with van der Waals surface area (Å²) in [4.78, 5) is 23.8. The number of pyridine rings is 1. The number of amides is 1. The highest BCUT2D eigenvalue weighted by atomic mass is 16.3. The molecular formula is C14H14N2O3. The van der Waals surface area contributed by atoms with Crippen LogP contribution in [0.25, 0.3) is 0 Å². The SMILES string of the molecule is Cc1ccc(O)c(NC(=O)c2cccn(C)c2=O)c1. The minimum absolute atomic E-state index is 0.0332. The summed E-state index contributed by atoms with van der Waals surface area (Å²) in [5.74, 6) is -0.575.